The second-order valence-corrected chi connectivity index (χ2v) is 7.44. The summed E-state index contributed by atoms with van der Waals surface area (Å²) in [6.07, 6.45) is 0. The normalized spacial score (nSPS) is 11.6. The Kier molecular flexibility index (Phi) is 4.86. The van der Waals surface area contributed by atoms with Gasteiger partial charge < -0.3 is 0 Å². The van der Waals surface area contributed by atoms with Gasteiger partial charge in [-0.05, 0) is 30.7 Å². The molecule has 0 radical (unpaired) electrons. The van der Waals surface area contributed by atoms with Crippen LogP contribution in [0.4, 0.5) is 0 Å². The highest BCUT2D eigenvalue weighted by molar-refractivity contribution is 9.10. The van der Waals surface area contributed by atoms with E-state index in [0.717, 1.165) is 15.6 Å². The Labute approximate surface area is 132 Å². The lowest BCUT2D eigenvalue weighted by Crippen LogP contribution is -2.23. The summed E-state index contributed by atoms with van der Waals surface area (Å²) in [5, 5.41) is 0.191. The molecule has 2 aromatic rings. The van der Waals surface area contributed by atoms with Gasteiger partial charge >= 0.3 is 0 Å². The summed E-state index contributed by atoms with van der Waals surface area (Å²) in [7, 11) is -3.62. The summed E-state index contributed by atoms with van der Waals surface area (Å²) in [5.41, 5.74) is 2.03. The van der Waals surface area contributed by atoms with Crippen molar-refractivity contribution in [2.75, 3.05) is 0 Å². The van der Waals surface area contributed by atoms with Crippen molar-refractivity contribution in [1.29, 1.82) is 0 Å². The van der Waals surface area contributed by atoms with E-state index in [0.29, 0.717) is 0 Å². The zero-order valence-corrected chi connectivity index (χ0v) is 13.9. The van der Waals surface area contributed by atoms with Crippen molar-refractivity contribution in [1.82, 2.24) is 4.72 Å². The van der Waals surface area contributed by atoms with Crippen LogP contribution >= 0.6 is 27.5 Å². The standard InChI is InChI=1S/C14H13BrClNO2S/c1-10-2-4-11(5-3-10)9-17-20(18,19)14-7-6-12(15)8-13(14)16/h2-8,17H,9H2,1H3. The molecule has 0 saturated heterocycles. The molecule has 0 amide bonds. The zero-order chi connectivity index (χ0) is 14.8. The summed E-state index contributed by atoms with van der Waals surface area (Å²) in [4.78, 5) is 0.0782. The van der Waals surface area contributed by atoms with Crippen molar-refractivity contribution in [3.63, 3.8) is 0 Å². The lowest BCUT2D eigenvalue weighted by atomic mass is 10.2. The number of sulfonamides is 1. The SMILES string of the molecule is Cc1ccc(CNS(=O)(=O)c2ccc(Br)cc2Cl)cc1. The molecule has 0 spiro atoms. The molecule has 3 nitrogen and oxygen atoms in total. The molecule has 0 aliphatic rings. The van der Waals surface area contributed by atoms with Crippen LogP contribution in [0.5, 0.6) is 0 Å². The van der Waals surface area contributed by atoms with E-state index in [4.69, 9.17) is 11.6 Å². The molecule has 0 bridgehead atoms. The van der Waals surface area contributed by atoms with Gasteiger partial charge in [-0.25, -0.2) is 13.1 Å². The average Bonchev–Trinajstić information content (AvgIpc) is 2.37. The number of hydrogen-bond acceptors (Lipinski definition) is 2. The highest BCUT2D eigenvalue weighted by Gasteiger charge is 2.17. The van der Waals surface area contributed by atoms with E-state index in [2.05, 4.69) is 20.7 Å². The molecule has 2 aromatic carbocycles. The average molecular weight is 375 g/mol. The van der Waals surface area contributed by atoms with Gasteiger partial charge in [0.2, 0.25) is 10.0 Å². The summed E-state index contributed by atoms with van der Waals surface area (Å²) in [6, 6.07) is 12.3. The Bertz CT molecular complexity index is 714. The van der Waals surface area contributed by atoms with Crippen LogP contribution in [0.25, 0.3) is 0 Å². The van der Waals surface area contributed by atoms with Crippen molar-refractivity contribution in [3.8, 4) is 0 Å². The van der Waals surface area contributed by atoms with Gasteiger partial charge in [0.25, 0.3) is 0 Å². The maximum Gasteiger partial charge on any atom is 0.242 e. The maximum absolute atomic E-state index is 12.2. The first kappa shape index (κ1) is 15.5. The van der Waals surface area contributed by atoms with E-state index in [9.17, 15) is 8.42 Å². The molecule has 106 valence electrons. The predicted octanol–water partition coefficient (Wildman–Crippen LogP) is 3.89. The number of halogens is 2. The molecular weight excluding hydrogens is 362 g/mol. The molecule has 0 atom stereocenters. The van der Waals surface area contributed by atoms with Crippen molar-refractivity contribution in [3.05, 3.63) is 63.1 Å². The first-order valence-electron chi connectivity index (χ1n) is 5.89. The molecule has 20 heavy (non-hydrogen) atoms. The minimum Gasteiger partial charge on any atom is -0.207 e. The van der Waals surface area contributed by atoms with E-state index in [1.165, 1.54) is 6.07 Å². The number of hydrogen-bond donors (Lipinski definition) is 1. The first-order valence-corrected chi connectivity index (χ1v) is 8.54. The van der Waals surface area contributed by atoms with E-state index in [-0.39, 0.29) is 16.5 Å². The highest BCUT2D eigenvalue weighted by atomic mass is 79.9. The third-order valence-corrected chi connectivity index (χ3v) is 5.15. The molecule has 0 aliphatic carbocycles. The minimum atomic E-state index is -3.62. The van der Waals surface area contributed by atoms with Gasteiger partial charge in [-0.15, -0.1) is 0 Å². The monoisotopic (exact) mass is 373 g/mol. The van der Waals surface area contributed by atoms with Crippen molar-refractivity contribution in [2.24, 2.45) is 0 Å². The third kappa shape index (κ3) is 3.82. The molecule has 0 saturated carbocycles. The molecule has 0 heterocycles. The van der Waals surface area contributed by atoms with Gasteiger partial charge in [0.15, 0.2) is 0 Å². The zero-order valence-electron chi connectivity index (χ0n) is 10.7. The smallest absolute Gasteiger partial charge is 0.207 e. The fourth-order valence-electron chi connectivity index (χ4n) is 1.66. The number of benzene rings is 2. The number of aryl methyl sites for hydroxylation is 1. The molecule has 0 aliphatic heterocycles. The molecule has 0 aromatic heterocycles. The Balaban J connectivity index is 2.17. The predicted molar refractivity (Wildman–Crippen MR) is 84.4 cm³/mol. The Morgan fingerprint density at radius 2 is 1.80 bits per heavy atom. The molecular formula is C14H13BrClNO2S. The van der Waals surface area contributed by atoms with E-state index in [1.807, 2.05) is 31.2 Å². The largest absolute Gasteiger partial charge is 0.242 e. The summed E-state index contributed by atoms with van der Waals surface area (Å²) >= 11 is 9.21. The topological polar surface area (TPSA) is 46.2 Å². The van der Waals surface area contributed by atoms with Crippen molar-refractivity contribution in [2.45, 2.75) is 18.4 Å². The van der Waals surface area contributed by atoms with Gasteiger partial charge in [-0.2, -0.15) is 0 Å². The molecule has 1 N–H and O–H groups in total. The van der Waals surface area contributed by atoms with Gasteiger partial charge in [0.05, 0.1) is 5.02 Å². The fraction of sp³-hybridized carbons (Fsp3) is 0.143. The van der Waals surface area contributed by atoms with Gasteiger partial charge in [-0.3, -0.25) is 0 Å². The van der Waals surface area contributed by atoms with E-state index in [1.54, 1.807) is 12.1 Å². The van der Waals surface area contributed by atoms with Crippen LogP contribution in [0.15, 0.2) is 51.8 Å². The molecule has 0 unspecified atom stereocenters. The van der Waals surface area contributed by atoms with E-state index < -0.39 is 10.0 Å². The maximum atomic E-state index is 12.2. The molecule has 6 heteroatoms. The summed E-state index contributed by atoms with van der Waals surface area (Å²) in [5.74, 6) is 0. The Hall–Kier alpha value is -0.880. The minimum absolute atomic E-state index is 0.0782. The van der Waals surface area contributed by atoms with Crippen LogP contribution in [0.3, 0.4) is 0 Å². The highest BCUT2D eigenvalue weighted by Crippen LogP contribution is 2.25. The quantitative estimate of drug-likeness (QED) is 0.882. The summed E-state index contributed by atoms with van der Waals surface area (Å²) in [6.45, 7) is 2.21. The van der Waals surface area contributed by atoms with Crippen LogP contribution in [-0.4, -0.2) is 8.42 Å². The van der Waals surface area contributed by atoms with Gasteiger partial charge in [-0.1, -0.05) is 57.4 Å². The lowest BCUT2D eigenvalue weighted by molar-refractivity contribution is 0.581. The number of rotatable bonds is 4. The van der Waals surface area contributed by atoms with Crippen molar-refractivity contribution >= 4 is 37.6 Å². The number of nitrogens with one attached hydrogen (secondary N) is 1. The van der Waals surface area contributed by atoms with Gasteiger partial charge in [0.1, 0.15) is 4.90 Å². The Morgan fingerprint density at radius 1 is 1.15 bits per heavy atom. The van der Waals surface area contributed by atoms with Crippen LogP contribution in [0.2, 0.25) is 5.02 Å². The van der Waals surface area contributed by atoms with Crippen LogP contribution in [-0.2, 0) is 16.6 Å². The van der Waals surface area contributed by atoms with Crippen molar-refractivity contribution < 1.29 is 8.42 Å². The Morgan fingerprint density at radius 3 is 2.40 bits per heavy atom. The second kappa shape index (κ2) is 6.26. The van der Waals surface area contributed by atoms with Crippen LogP contribution < -0.4 is 4.72 Å². The van der Waals surface area contributed by atoms with E-state index >= 15 is 0 Å². The molecule has 2 rings (SSSR count). The lowest BCUT2D eigenvalue weighted by Gasteiger charge is -2.09. The first-order chi connectivity index (χ1) is 9.38. The third-order valence-electron chi connectivity index (χ3n) is 2.77. The van der Waals surface area contributed by atoms with Crippen LogP contribution in [0.1, 0.15) is 11.1 Å². The second-order valence-electron chi connectivity index (χ2n) is 4.38. The van der Waals surface area contributed by atoms with Gasteiger partial charge in [0, 0.05) is 11.0 Å². The summed E-state index contributed by atoms with van der Waals surface area (Å²) < 4.78 is 27.7. The fourth-order valence-corrected chi connectivity index (χ4v) is 3.71. The molecule has 0 fully saturated rings. The van der Waals surface area contributed by atoms with Crippen LogP contribution in [0, 0.1) is 6.92 Å².